The van der Waals surface area contributed by atoms with Crippen molar-refractivity contribution in [3.63, 3.8) is 0 Å². The minimum absolute atomic E-state index is 0.00538. The molecule has 2 aromatic carbocycles. The number of nitrogens with zero attached hydrogens (tertiary/aromatic N) is 3. The van der Waals surface area contributed by atoms with Crippen molar-refractivity contribution in [2.24, 2.45) is 0 Å². The standard InChI is InChI=1S/C26H29FN4O2/c1-16-28-22-7-3-18(12-23(22)29-16)17-4-8-24-19(11-17)15-30(9-10-33-24)25(32)31-20-5-6-21(31)14-26(2,27)13-20/h3-4,7-8,11-12,20-21H,5-6,9-10,13-15H2,1-2H3,(H,28,29). The SMILES string of the molecule is Cc1nc2ccc(-c3ccc4c(c3)CN(C(=O)N3C5CCC3CC(C)(F)C5)CCO4)cc2[nH]1. The number of rotatable bonds is 1. The summed E-state index contributed by atoms with van der Waals surface area (Å²) in [5.74, 6) is 1.72. The van der Waals surface area contributed by atoms with Crippen LogP contribution in [0.1, 0.15) is 44.0 Å². The number of hydrogen-bond acceptors (Lipinski definition) is 3. The van der Waals surface area contributed by atoms with Crippen LogP contribution in [0, 0.1) is 6.92 Å². The van der Waals surface area contributed by atoms with Gasteiger partial charge in [-0.25, -0.2) is 14.2 Å². The number of halogens is 1. The number of aromatic amines is 1. The Bertz CT molecular complexity index is 1220. The average Bonchev–Trinajstić information content (AvgIpc) is 3.19. The van der Waals surface area contributed by atoms with Gasteiger partial charge in [0.2, 0.25) is 0 Å². The van der Waals surface area contributed by atoms with Gasteiger partial charge in [-0.05, 0) is 62.1 Å². The Morgan fingerprint density at radius 1 is 1.15 bits per heavy atom. The Balaban J connectivity index is 1.27. The van der Waals surface area contributed by atoms with E-state index in [0.717, 1.165) is 52.1 Å². The van der Waals surface area contributed by atoms with E-state index in [4.69, 9.17) is 4.74 Å². The van der Waals surface area contributed by atoms with Crippen LogP contribution in [-0.2, 0) is 6.54 Å². The van der Waals surface area contributed by atoms with Gasteiger partial charge in [-0.1, -0.05) is 12.1 Å². The number of piperidine rings is 1. The number of benzene rings is 2. The van der Waals surface area contributed by atoms with Crippen molar-refractivity contribution >= 4 is 17.1 Å². The van der Waals surface area contributed by atoms with E-state index >= 15 is 0 Å². The minimum Gasteiger partial charge on any atom is -0.491 e. The molecule has 0 saturated carbocycles. The highest BCUT2D eigenvalue weighted by molar-refractivity contribution is 5.82. The molecule has 6 rings (SSSR count). The van der Waals surface area contributed by atoms with Crippen LogP contribution in [0.3, 0.4) is 0 Å². The van der Waals surface area contributed by atoms with E-state index in [2.05, 4.69) is 34.2 Å². The number of hydrogen-bond donors (Lipinski definition) is 1. The van der Waals surface area contributed by atoms with Gasteiger partial charge in [0.05, 0.1) is 24.1 Å². The van der Waals surface area contributed by atoms with Gasteiger partial charge >= 0.3 is 6.03 Å². The number of H-pyrrole nitrogens is 1. The van der Waals surface area contributed by atoms with Crippen LogP contribution in [0.2, 0.25) is 0 Å². The molecule has 1 aromatic heterocycles. The molecule has 2 amide bonds. The molecule has 3 aromatic rings. The van der Waals surface area contributed by atoms with Gasteiger partial charge in [-0.3, -0.25) is 0 Å². The number of aryl methyl sites for hydroxylation is 1. The number of carbonyl (C=O) groups excluding carboxylic acids is 1. The summed E-state index contributed by atoms with van der Waals surface area (Å²) >= 11 is 0. The second kappa shape index (κ2) is 7.47. The third-order valence-corrected chi connectivity index (χ3v) is 7.41. The molecule has 2 saturated heterocycles. The molecule has 33 heavy (non-hydrogen) atoms. The fraction of sp³-hybridized carbons (Fsp3) is 0.462. The first-order valence-corrected chi connectivity index (χ1v) is 11.8. The number of alkyl halides is 1. The first-order valence-electron chi connectivity index (χ1n) is 11.8. The van der Waals surface area contributed by atoms with Gasteiger partial charge in [0.15, 0.2) is 0 Å². The Morgan fingerprint density at radius 2 is 1.88 bits per heavy atom. The summed E-state index contributed by atoms with van der Waals surface area (Å²) in [5, 5.41) is 0. The molecule has 2 unspecified atom stereocenters. The highest BCUT2D eigenvalue weighted by Crippen LogP contribution is 2.43. The van der Waals surface area contributed by atoms with Crippen LogP contribution in [0.15, 0.2) is 36.4 Å². The largest absolute Gasteiger partial charge is 0.491 e. The molecule has 2 fully saturated rings. The Labute approximate surface area is 192 Å². The molecule has 0 aliphatic carbocycles. The smallest absolute Gasteiger partial charge is 0.320 e. The maximum absolute atomic E-state index is 14.7. The van der Waals surface area contributed by atoms with Crippen molar-refractivity contribution in [3.8, 4) is 16.9 Å². The second-order valence-corrected chi connectivity index (χ2v) is 10.0. The first kappa shape index (κ1) is 20.5. The monoisotopic (exact) mass is 448 g/mol. The van der Waals surface area contributed by atoms with Crippen LogP contribution in [0.4, 0.5) is 9.18 Å². The van der Waals surface area contributed by atoms with Crippen molar-refractivity contribution in [2.45, 2.75) is 63.8 Å². The van der Waals surface area contributed by atoms with Crippen LogP contribution in [-0.4, -0.2) is 56.7 Å². The first-order chi connectivity index (χ1) is 15.9. The van der Waals surface area contributed by atoms with E-state index < -0.39 is 5.67 Å². The summed E-state index contributed by atoms with van der Waals surface area (Å²) < 4.78 is 20.7. The van der Waals surface area contributed by atoms with Crippen molar-refractivity contribution in [1.29, 1.82) is 0 Å². The lowest BCUT2D eigenvalue weighted by Gasteiger charge is -2.42. The highest BCUT2D eigenvalue weighted by Gasteiger charge is 2.49. The fourth-order valence-electron chi connectivity index (χ4n) is 5.96. The Hall–Kier alpha value is -3.09. The van der Waals surface area contributed by atoms with E-state index in [1.54, 1.807) is 6.92 Å². The summed E-state index contributed by atoms with van der Waals surface area (Å²) in [6, 6.07) is 12.4. The van der Waals surface area contributed by atoms with Crippen LogP contribution in [0.5, 0.6) is 5.75 Å². The maximum atomic E-state index is 14.7. The molecule has 4 heterocycles. The zero-order valence-electron chi connectivity index (χ0n) is 19.1. The molecule has 2 bridgehead atoms. The minimum atomic E-state index is -1.17. The topological polar surface area (TPSA) is 61.5 Å². The van der Waals surface area contributed by atoms with Gasteiger partial charge in [-0.2, -0.15) is 0 Å². The fourth-order valence-corrected chi connectivity index (χ4v) is 5.96. The van der Waals surface area contributed by atoms with E-state index in [9.17, 15) is 9.18 Å². The predicted molar refractivity (Wildman–Crippen MR) is 125 cm³/mol. The van der Waals surface area contributed by atoms with Crippen LogP contribution >= 0.6 is 0 Å². The number of fused-ring (bicyclic) bond motifs is 4. The summed E-state index contributed by atoms with van der Waals surface area (Å²) in [6.07, 6.45) is 2.68. The van der Waals surface area contributed by atoms with Crippen molar-refractivity contribution < 1.29 is 13.9 Å². The van der Waals surface area contributed by atoms with E-state index in [-0.39, 0.29) is 18.1 Å². The van der Waals surface area contributed by atoms with Gasteiger partial charge in [0.1, 0.15) is 23.8 Å². The molecule has 2 atom stereocenters. The van der Waals surface area contributed by atoms with Crippen molar-refractivity contribution in [3.05, 3.63) is 47.8 Å². The molecule has 0 radical (unpaired) electrons. The van der Waals surface area contributed by atoms with Gasteiger partial charge in [0.25, 0.3) is 0 Å². The average molecular weight is 449 g/mol. The number of imidazole rings is 1. The van der Waals surface area contributed by atoms with Crippen LogP contribution < -0.4 is 4.74 Å². The molecular weight excluding hydrogens is 419 g/mol. The van der Waals surface area contributed by atoms with Gasteiger partial charge < -0.3 is 19.5 Å². The van der Waals surface area contributed by atoms with Gasteiger partial charge in [-0.15, -0.1) is 0 Å². The zero-order valence-corrected chi connectivity index (χ0v) is 19.1. The van der Waals surface area contributed by atoms with Crippen LogP contribution in [0.25, 0.3) is 22.2 Å². The summed E-state index contributed by atoms with van der Waals surface area (Å²) in [5.41, 5.74) is 3.96. The Kier molecular flexibility index (Phi) is 4.64. The van der Waals surface area contributed by atoms with Gasteiger partial charge in [0, 0.05) is 30.5 Å². The molecule has 172 valence electrons. The number of amides is 2. The van der Waals surface area contributed by atoms with E-state index in [1.807, 2.05) is 28.9 Å². The number of ether oxygens (including phenoxy) is 1. The lowest BCUT2D eigenvalue weighted by molar-refractivity contribution is 0.0314. The molecule has 6 nitrogen and oxygen atoms in total. The summed E-state index contributed by atoms with van der Waals surface area (Å²) in [7, 11) is 0. The third-order valence-electron chi connectivity index (χ3n) is 7.41. The Morgan fingerprint density at radius 3 is 2.67 bits per heavy atom. The number of carbonyl (C=O) groups is 1. The number of aromatic nitrogens is 2. The lowest BCUT2D eigenvalue weighted by Crippen LogP contribution is -2.55. The summed E-state index contributed by atoms with van der Waals surface area (Å²) in [4.78, 5) is 25.2. The summed E-state index contributed by atoms with van der Waals surface area (Å²) in [6.45, 7) is 5.12. The molecule has 7 heteroatoms. The quantitative estimate of drug-likeness (QED) is 0.556. The maximum Gasteiger partial charge on any atom is 0.320 e. The van der Waals surface area contributed by atoms with Crippen molar-refractivity contribution in [1.82, 2.24) is 19.8 Å². The van der Waals surface area contributed by atoms with Crippen molar-refractivity contribution in [2.75, 3.05) is 13.2 Å². The third kappa shape index (κ3) is 3.63. The normalized spacial score (nSPS) is 26.8. The van der Waals surface area contributed by atoms with E-state index in [0.29, 0.717) is 32.5 Å². The molecule has 3 aliphatic heterocycles. The number of nitrogens with one attached hydrogen (secondary N) is 1. The lowest BCUT2D eigenvalue weighted by atomic mass is 9.89. The zero-order chi connectivity index (χ0) is 22.7. The predicted octanol–water partition coefficient (Wildman–Crippen LogP) is 5.21. The number of urea groups is 1. The van der Waals surface area contributed by atoms with E-state index in [1.165, 1.54) is 0 Å². The molecule has 1 N–H and O–H groups in total. The second-order valence-electron chi connectivity index (χ2n) is 10.0. The molecule has 3 aliphatic rings. The molecular formula is C26H29FN4O2. The highest BCUT2D eigenvalue weighted by atomic mass is 19.1. The molecule has 0 spiro atoms.